The fourth-order valence-corrected chi connectivity index (χ4v) is 2.66. The molecule has 0 atom stereocenters. The van der Waals surface area contributed by atoms with Crippen molar-refractivity contribution in [3.63, 3.8) is 0 Å². The fourth-order valence-electron chi connectivity index (χ4n) is 2.66. The molecule has 20 heavy (non-hydrogen) atoms. The molecule has 110 valence electrons. The van der Waals surface area contributed by atoms with Gasteiger partial charge in [-0.15, -0.1) is 0 Å². The Bertz CT molecular complexity index is 462. The minimum atomic E-state index is 0.0425. The maximum atomic E-state index is 3.97. The van der Waals surface area contributed by atoms with Gasteiger partial charge in [-0.2, -0.15) is 0 Å². The number of hydrogen-bond donors (Lipinski definition) is 0. The Hall–Kier alpha value is -1.56. The lowest BCUT2D eigenvalue weighted by atomic mass is 9.80. The van der Waals surface area contributed by atoms with Crippen molar-refractivity contribution in [1.82, 2.24) is 0 Å². The normalized spacial score (nSPS) is 21.3. The van der Waals surface area contributed by atoms with Crippen molar-refractivity contribution < 1.29 is 0 Å². The second-order valence-corrected chi connectivity index (χ2v) is 5.00. The van der Waals surface area contributed by atoms with Crippen LogP contribution in [0.3, 0.4) is 0 Å². The standard InChI is InChI=1S/C18H24.C2H6/c1-7-11-15-14(10-4)16(12-8-2)18(5,6)17(15)13-9-3;1-2/h7-8,10-13H,1,4,9H2,2-3,5-6H3;1-2H3/b12-8-,15-11-,17-13+;. The molecule has 0 nitrogen and oxygen atoms in total. The summed E-state index contributed by atoms with van der Waals surface area (Å²) in [6, 6.07) is 0. The first-order valence-electron chi connectivity index (χ1n) is 7.58. The van der Waals surface area contributed by atoms with E-state index in [2.05, 4.69) is 65.2 Å². The Balaban J connectivity index is 0.00000172. The lowest BCUT2D eigenvalue weighted by molar-refractivity contribution is 0.576. The highest BCUT2D eigenvalue weighted by molar-refractivity contribution is 5.68. The van der Waals surface area contributed by atoms with E-state index in [9.17, 15) is 0 Å². The first kappa shape index (κ1) is 18.4. The van der Waals surface area contributed by atoms with E-state index < -0.39 is 0 Å². The molecule has 0 heteroatoms. The molecule has 0 N–H and O–H groups in total. The van der Waals surface area contributed by atoms with Crippen LogP contribution >= 0.6 is 0 Å². The molecule has 0 aromatic carbocycles. The number of rotatable bonds is 4. The molecule has 0 fully saturated rings. The predicted molar refractivity (Wildman–Crippen MR) is 93.8 cm³/mol. The summed E-state index contributed by atoms with van der Waals surface area (Å²) in [5.74, 6) is 0. The summed E-state index contributed by atoms with van der Waals surface area (Å²) in [5, 5.41) is 0. The second-order valence-electron chi connectivity index (χ2n) is 5.00. The maximum Gasteiger partial charge on any atom is 0.0155 e. The van der Waals surface area contributed by atoms with E-state index in [1.807, 2.05) is 26.0 Å². The highest BCUT2D eigenvalue weighted by Gasteiger charge is 2.37. The molecule has 0 saturated heterocycles. The molecule has 0 spiro atoms. The summed E-state index contributed by atoms with van der Waals surface area (Å²) in [7, 11) is 0. The van der Waals surface area contributed by atoms with E-state index in [-0.39, 0.29) is 5.41 Å². The fraction of sp³-hybridized carbons (Fsp3) is 0.400. The van der Waals surface area contributed by atoms with Gasteiger partial charge < -0.3 is 0 Å². The van der Waals surface area contributed by atoms with E-state index in [0.717, 1.165) is 6.42 Å². The summed E-state index contributed by atoms with van der Waals surface area (Å²) >= 11 is 0. The van der Waals surface area contributed by atoms with Gasteiger partial charge in [0, 0.05) is 5.41 Å². The average molecular weight is 270 g/mol. The summed E-state index contributed by atoms with van der Waals surface area (Å²) < 4.78 is 0. The van der Waals surface area contributed by atoms with E-state index in [1.165, 1.54) is 22.3 Å². The van der Waals surface area contributed by atoms with Crippen molar-refractivity contribution in [2.45, 2.75) is 48.0 Å². The van der Waals surface area contributed by atoms with Crippen LogP contribution < -0.4 is 0 Å². The first-order chi connectivity index (χ1) is 9.54. The van der Waals surface area contributed by atoms with E-state index >= 15 is 0 Å². The predicted octanol–water partition coefficient (Wildman–Crippen LogP) is 6.56. The van der Waals surface area contributed by atoms with Gasteiger partial charge in [-0.05, 0) is 35.6 Å². The minimum Gasteiger partial charge on any atom is -0.0990 e. The molecule has 1 aliphatic rings. The summed E-state index contributed by atoms with van der Waals surface area (Å²) in [4.78, 5) is 0. The molecule has 1 aliphatic carbocycles. The molecule has 0 radical (unpaired) electrons. The Kier molecular flexibility index (Phi) is 7.91. The van der Waals surface area contributed by atoms with Gasteiger partial charge in [0.1, 0.15) is 0 Å². The minimum absolute atomic E-state index is 0.0425. The molecule has 0 unspecified atom stereocenters. The van der Waals surface area contributed by atoms with Gasteiger partial charge in [0.25, 0.3) is 0 Å². The van der Waals surface area contributed by atoms with Gasteiger partial charge in [0.15, 0.2) is 0 Å². The van der Waals surface area contributed by atoms with Crippen LogP contribution in [0.2, 0.25) is 0 Å². The second kappa shape index (κ2) is 8.58. The first-order valence-corrected chi connectivity index (χ1v) is 7.58. The maximum absolute atomic E-state index is 3.97. The third-order valence-corrected chi connectivity index (χ3v) is 3.45. The van der Waals surface area contributed by atoms with Gasteiger partial charge in [-0.3, -0.25) is 0 Å². The molecule has 0 bridgehead atoms. The molecule has 0 aromatic heterocycles. The van der Waals surface area contributed by atoms with Crippen molar-refractivity contribution >= 4 is 0 Å². The van der Waals surface area contributed by atoms with Crippen molar-refractivity contribution in [3.05, 3.63) is 71.9 Å². The lowest BCUT2D eigenvalue weighted by Gasteiger charge is -2.23. The quantitative estimate of drug-likeness (QED) is 0.542. The summed E-state index contributed by atoms with van der Waals surface area (Å²) in [5.41, 5.74) is 5.26. The Labute approximate surface area is 126 Å². The zero-order valence-corrected chi connectivity index (χ0v) is 14.1. The topological polar surface area (TPSA) is 0 Å². The molecule has 0 amide bonds. The van der Waals surface area contributed by atoms with E-state index in [4.69, 9.17) is 0 Å². The largest absolute Gasteiger partial charge is 0.0990 e. The van der Waals surface area contributed by atoms with Crippen LogP contribution in [0.15, 0.2) is 71.9 Å². The molecule has 0 aromatic rings. The third kappa shape index (κ3) is 3.50. The Morgan fingerprint density at radius 2 is 1.75 bits per heavy atom. The van der Waals surface area contributed by atoms with Crippen LogP contribution in [0.5, 0.6) is 0 Å². The van der Waals surface area contributed by atoms with Gasteiger partial charge in [-0.25, -0.2) is 0 Å². The third-order valence-electron chi connectivity index (χ3n) is 3.45. The molecule has 0 heterocycles. The zero-order valence-electron chi connectivity index (χ0n) is 14.1. The summed E-state index contributed by atoms with van der Waals surface area (Å²) in [6.45, 7) is 20.6. The van der Waals surface area contributed by atoms with Gasteiger partial charge >= 0.3 is 0 Å². The van der Waals surface area contributed by atoms with Crippen LogP contribution in [0.4, 0.5) is 0 Å². The zero-order chi connectivity index (χ0) is 15.8. The van der Waals surface area contributed by atoms with Crippen LogP contribution in [-0.4, -0.2) is 0 Å². The molecule has 0 aliphatic heterocycles. The Morgan fingerprint density at radius 1 is 1.15 bits per heavy atom. The summed E-state index contributed by atoms with van der Waals surface area (Å²) in [6.07, 6.45) is 13.6. The van der Waals surface area contributed by atoms with Crippen molar-refractivity contribution in [3.8, 4) is 0 Å². The average Bonchev–Trinajstić information content (AvgIpc) is 2.63. The van der Waals surface area contributed by atoms with Gasteiger partial charge in [0.05, 0.1) is 0 Å². The van der Waals surface area contributed by atoms with Gasteiger partial charge in [0.2, 0.25) is 0 Å². The van der Waals surface area contributed by atoms with Crippen LogP contribution in [0.25, 0.3) is 0 Å². The number of allylic oxidation sites excluding steroid dienone is 10. The Morgan fingerprint density at radius 3 is 2.15 bits per heavy atom. The van der Waals surface area contributed by atoms with Crippen LogP contribution in [0.1, 0.15) is 48.0 Å². The number of hydrogen-bond acceptors (Lipinski definition) is 0. The van der Waals surface area contributed by atoms with Crippen LogP contribution in [0, 0.1) is 5.41 Å². The van der Waals surface area contributed by atoms with Crippen LogP contribution in [-0.2, 0) is 0 Å². The monoisotopic (exact) mass is 270 g/mol. The smallest absolute Gasteiger partial charge is 0.0155 e. The van der Waals surface area contributed by atoms with Gasteiger partial charge in [-0.1, -0.05) is 84.2 Å². The molecular weight excluding hydrogens is 240 g/mol. The molecule has 1 rings (SSSR count). The van der Waals surface area contributed by atoms with E-state index in [1.54, 1.807) is 0 Å². The van der Waals surface area contributed by atoms with Crippen molar-refractivity contribution in [1.29, 1.82) is 0 Å². The van der Waals surface area contributed by atoms with Crippen molar-refractivity contribution in [2.24, 2.45) is 5.41 Å². The molecular formula is C20H30. The van der Waals surface area contributed by atoms with E-state index in [0.29, 0.717) is 0 Å². The highest BCUT2D eigenvalue weighted by Crippen LogP contribution is 2.51. The van der Waals surface area contributed by atoms with Crippen molar-refractivity contribution in [2.75, 3.05) is 0 Å². The lowest BCUT2D eigenvalue weighted by Crippen LogP contribution is -2.12. The highest BCUT2D eigenvalue weighted by atomic mass is 14.4. The molecule has 0 saturated carbocycles. The SMILES string of the molecule is C=C/C=C1C(C=C)=C(/C=C\C)C(C)(C)C/1=C/CC.CC.